The van der Waals surface area contributed by atoms with Crippen LogP contribution in [0.15, 0.2) is 24.3 Å². The molecule has 0 fully saturated rings. The summed E-state index contributed by atoms with van der Waals surface area (Å²) in [4.78, 5) is 24.8. The van der Waals surface area contributed by atoms with E-state index >= 15 is 0 Å². The number of benzene rings is 1. The maximum Gasteiger partial charge on any atom is 0.310 e. The number of carbonyl (C=O) groups excluding carboxylic acids is 2. The number of hydrogen-bond acceptors (Lipinski definition) is 3. The van der Waals surface area contributed by atoms with Crippen molar-refractivity contribution in [3.05, 3.63) is 34.9 Å². The van der Waals surface area contributed by atoms with Crippen LogP contribution in [0.25, 0.3) is 0 Å². The highest BCUT2D eigenvalue weighted by Gasteiger charge is 2.12. The Morgan fingerprint density at radius 3 is 2.26 bits per heavy atom. The van der Waals surface area contributed by atoms with Gasteiger partial charge in [-0.15, -0.1) is 0 Å². The highest BCUT2D eigenvalue weighted by molar-refractivity contribution is 6.30. The molecule has 0 radical (unpaired) electrons. The standard InChI is InChI=1S/C14H18ClNO3/c1-3-16(4-2)13(17)10-19-14(18)9-11-5-7-12(15)8-6-11/h5-8H,3-4,9-10H2,1-2H3. The summed E-state index contributed by atoms with van der Waals surface area (Å²) >= 11 is 5.75. The Balaban J connectivity index is 2.39. The van der Waals surface area contributed by atoms with E-state index in [2.05, 4.69) is 0 Å². The van der Waals surface area contributed by atoms with Gasteiger partial charge in [0.2, 0.25) is 0 Å². The van der Waals surface area contributed by atoms with E-state index in [9.17, 15) is 9.59 Å². The third kappa shape index (κ3) is 5.30. The van der Waals surface area contributed by atoms with E-state index in [0.29, 0.717) is 18.1 Å². The van der Waals surface area contributed by atoms with Gasteiger partial charge >= 0.3 is 5.97 Å². The summed E-state index contributed by atoms with van der Waals surface area (Å²) < 4.78 is 4.96. The molecule has 4 nitrogen and oxygen atoms in total. The Kier molecular flexibility index (Phi) is 6.36. The van der Waals surface area contributed by atoms with E-state index < -0.39 is 5.97 Å². The second-order valence-corrected chi connectivity index (χ2v) is 4.47. The molecule has 0 saturated carbocycles. The first-order valence-electron chi connectivity index (χ1n) is 6.24. The van der Waals surface area contributed by atoms with Gasteiger partial charge in [0, 0.05) is 18.1 Å². The fourth-order valence-corrected chi connectivity index (χ4v) is 1.76. The van der Waals surface area contributed by atoms with Crippen LogP contribution in [0.5, 0.6) is 0 Å². The van der Waals surface area contributed by atoms with Gasteiger partial charge in [-0.25, -0.2) is 0 Å². The number of amides is 1. The van der Waals surface area contributed by atoms with E-state index in [4.69, 9.17) is 16.3 Å². The van der Waals surface area contributed by atoms with Crippen LogP contribution in [0, 0.1) is 0 Å². The molecule has 1 amide bonds. The fraction of sp³-hybridized carbons (Fsp3) is 0.429. The first kappa shape index (κ1) is 15.5. The average molecular weight is 284 g/mol. The molecule has 104 valence electrons. The lowest BCUT2D eigenvalue weighted by atomic mass is 10.1. The number of carbonyl (C=O) groups is 2. The lowest BCUT2D eigenvalue weighted by Gasteiger charge is -2.18. The Labute approximate surface area is 118 Å². The van der Waals surface area contributed by atoms with Gasteiger partial charge in [-0.05, 0) is 31.5 Å². The van der Waals surface area contributed by atoms with Crippen molar-refractivity contribution in [1.29, 1.82) is 0 Å². The van der Waals surface area contributed by atoms with E-state index in [-0.39, 0.29) is 18.9 Å². The van der Waals surface area contributed by atoms with Gasteiger partial charge in [0.1, 0.15) is 0 Å². The molecule has 0 aliphatic heterocycles. The van der Waals surface area contributed by atoms with Crippen LogP contribution < -0.4 is 0 Å². The van der Waals surface area contributed by atoms with Crippen molar-refractivity contribution in [2.24, 2.45) is 0 Å². The molecule has 0 N–H and O–H groups in total. The van der Waals surface area contributed by atoms with Crippen molar-refractivity contribution in [2.45, 2.75) is 20.3 Å². The average Bonchev–Trinajstić information content (AvgIpc) is 2.40. The molecule has 19 heavy (non-hydrogen) atoms. The molecule has 1 rings (SSSR count). The monoisotopic (exact) mass is 283 g/mol. The van der Waals surface area contributed by atoms with Gasteiger partial charge in [0.25, 0.3) is 5.91 Å². The SMILES string of the molecule is CCN(CC)C(=O)COC(=O)Cc1ccc(Cl)cc1. The molecule has 0 aliphatic rings. The molecule has 0 saturated heterocycles. The zero-order valence-electron chi connectivity index (χ0n) is 11.2. The Morgan fingerprint density at radius 1 is 1.16 bits per heavy atom. The minimum Gasteiger partial charge on any atom is -0.455 e. The molecule has 0 bridgehead atoms. The van der Waals surface area contributed by atoms with Crippen LogP contribution in [0.2, 0.25) is 5.02 Å². The van der Waals surface area contributed by atoms with Gasteiger partial charge in [0.05, 0.1) is 6.42 Å². The molecule has 0 spiro atoms. The molecule has 0 aromatic heterocycles. The highest BCUT2D eigenvalue weighted by Crippen LogP contribution is 2.10. The second-order valence-electron chi connectivity index (χ2n) is 4.03. The lowest BCUT2D eigenvalue weighted by Crippen LogP contribution is -2.34. The number of halogens is 1. The van der Waals surface area contributed by atoms with Gasteiger partial charge < -0.3 is 9.64 Å². The van der Waals surface area contributed by atoms with Crippen LogP contribution in [0.4, 0.5) is 0 Å². The van der Waals surface area contributed by atoms with Gasteiger partial charge in [0.15, 0.2) is 6.61 Å². The van der Waals surface area contributed by atoms with Crippen LogP contribution in [-0.2, 0) is 20.7 Å². The first-order chi connectivity index (χ1) is 9.06. The molecule has 5 heteroatoms. The van der Waals surface area contributed by atoms with Crippen molar-refractivity contribution in [3.8, 4) is 0 Å². The second kappa shape index (κ2) is 7.79. The van der Waals surface area contributed by atoms with Crippen molar-refractivity contribution >= 4 is 23.5 Å². The van der Waals surface area contributed by atoms with E-state index in [1.165, 1.54) is 0 Å². The van der Waals surface area contributed by atoms with Crippen LogP contribution in [0.1, 0.15) is 19.4 Å². The van der Waals surface area contributed by atoms with Crippen molar-refractivity contribution in [1.82, 2.24) is 4.90 Å². The zero-order chi connectivity index (χ0) is 14.3. The van der Waals surface area contributed by atoms with E-state index in [1.54, 1.807) is 29.2 Å². The molecule has 0 atom stereocenters. The number of ether oxygens (including phenoxy) is 1. The van der Waals surface area contributed by atoms with Crippen molar-refractivity contribution < 1.29 is 14.3 Å². The summed E-state index contributed by atoms with van der Waals surface area (Å²) in [6, 6.07) is 6.95. The third-order valence-corrected chi connectivity index (χ3v) is 2.99. The quantitative estimate of drug-likeness (QED) is 0.753. The smallest absolute Gasteiger partial charge is 0.310 e. The molecular formula is C14H18ClNO3. The van der Waals surface area contributed by atoms with E-state index in [0.717, 1.165) is 5.56 Å². The Morgan fingerprint density at radius 2 is 1.74 bits per heavy atom. The van der Waals surface area contributed by atoms with Crippen LogP contribution in [-0.4, -0.2) is 36.5 Å². The summed E-state index contributed by atoms with van der Waals surface area (Å²) in [5.41, 5.74) is 0.810. The minimum atomic E-state index is -0.414. The molecule has 0 unspecified atom stereocenters. The van der Waals surface area contributed by atoms with Crippen molar-refractivity contribution in [3.63, 3.8) is 0 Å². The summed E-state index contributed by atoms with van der Waals surface area (Å²) in [7, 11) is 0. The normalized spacial score (nSPS) is 10.1. The van der Waals surface area contributed by atoms with Gasteiger partial charge in [-0.3, -0.25) is 9.59 Å². The maximum atomic E-state index is 11.6. The zero-order valence-corrected chi connectivity index (χ0v) is 11.9. The third-order valence-electron chi connectivity index (χ3n) is 2.73. The Bertz CT molecular complexity index is 427. The molecule has 0 heterocycles. The molecule has 1 aromatic carbocycles. The van der Waals surface area contributed by atoms with Crippen molar-refractivity contribution in [2.75, 3.05) is 19.7 Å². The molecular weight excluding hydrogens is 266 g/mol. The molecule has 1 aromatic rings. The number of likely N-dealkylation sites (N-methyl/N-ethyl adjacent to an activating group) is 1. The fourth-order valence-electron chi connectivity index (χ4n) is 1.63. The largest absolute Gasteiger partial charge is 0.455 e. The number of rotatable bonds is 6. The summed E-state index contributed by atoms with van der Waals surface area (Å²) in [5, 5.41) is 0.619. The number of nitrogens with zero attached hydrogens (tertiary/aromatic N) is 1. The number of hydrogen-bond donors (Lipinski definition) is 0. The minimum absolute atomic E-state index is 0.142. The lowest BCUT2D eigenvalue weighted by molar-refractivity contribution is -0.151. The first-order valence-corrected chi connectivity index (χ1v) is 6.62. The summed E-state index contributed by atoms with van der Waals surface area (Å²) in [6.07, 6.45) is 0.142. The highest BCUT2D eigenvalue weighted by atomic mass is 35.5. The maximum absolute atomic E-state index is 11.6. The number of esters is 1. The van der Waals surface area contributed by atoms with E-state index in [1.807, 2.05) is 13.8 Å². The summed E-state index contributed by atoms with van der Waals surface area (Å²) in [6.45, 7) is 4.80. The van der Waals surface area contributed by atoms with Crippen LogP contribution in [0.3, 0.4) is 0 Å². The Hall–Kier alpha value is -1.55. The predicted octanol–water partition coefficient (Wildman–Crippen LogP) is 2.29. The van der Waals surface area contributed by atoms with Crippen LogP contribution >= 0.6 is 11.6 Å². The summed E-state index contributed by atoms with van der Waals surface area (Å²) in [5.74, 6) is -0.586. The topological polar surface area (TPSA) is 46.6 Å². The van der Waals surface area contributed by atoms with Gasteiger partial charge in [-0.2, -0.15) is 0 Å². The predicted molar refractivity (Wildman–Crippen MR) is 74.0 cm³/mol. The van der Waals surface area contributed by atoms with Gasteiger partial charge in [-0.1, -0.05) is 23.7 Å². The molecule has 0 aliphatic carbocycles.